The highest BCUT2D eigenvalue weighted by Crippen LogP contribution is 2.19. The predicted molar refractivity (Wildman–Crippen MR) is 77.3 cm³/mol. The maximum Gasteiger partial charge on any atom is 0.253 e. The lowest BCUT2D eigenvalue weighted by Gasteiger charge is -2.06. The Morgan fingerprint density at radius 3 is 2.86 bits per heavy atom. The molecule has 0 saturated heterocycles. The van der Waals surface area contributed by atoms with E-state index in [4.69, 9.17) is 4.42 Å². The molecule has 104 valence electrons. The number of hydrogen-bond donors (Lipinski definition) is 1. The Kier molecular flexibility index (Phi) is 3.73. The highest BCUT2D eigenvalue weighted by Gasteiger charge is 2.06. The lowest BCUT2D eigenvalue weighted by molar-refractivity contribution is 0.0950. The van der Waals surface area contributed by atoms with Crippen molar-refractivity contribution in [3.05, 3.63) is 72.5 Å². The van der Waals surface area contributed by atoms with Crippen molar-refractivity contribution >= 4 is 5.91 Å². The zero-order valence-electron chi connectivity index (χ0n) is 11.2. The molecule has 3 aromatic rings. The number of carbonyl (C=O) groups excluding carboxylic acids is 1. The van der Waals surface area contributed by atoms with E-state index in [0.29, 0.717) is 12.1 Å². The lowest BCUT2D eigenvalue weighted by atomic mass is 10.1. The molecule has 3 rings (SSSR count). The molecule has 0 aliphatic rings. The third-order valence-electron chi connectivity index (χ3n) is 2.98. The van der Waals surface area contributed by atoms with Crippen LogP contribution in [-0.2, 0) is 6.54 Å². The molecule has 21 heavy (non-hydrogen) atoms. The van der Waals surface area contributed by atoms with Crippen molar-refractivity contribution in [3.8, 4) is 11.3 Å². The first-order valence-electron chi connectivity index (χ1n) is 6.49. The molecule has 3 heterocycles. The van der Waals surface area contributed by atoms with Crippen LogP contribution in [0.4, 0.5) is 0 Å². The van der Waals surface area contributed by atoms with Crippen molar-refractivity contribution in [1.82, 2.24) is 15.3 Å². The fourth-order valence-electron chi connectivity index (χ4n) is 1.94. The molecule has 5 nitrogen and oxygen atoms in total. The smallest absolute Gasteiger partial charge is 0.253 e. The normalized spacial score (nSPS) is 10.3. The van der Waals surface area contributed by atoms with Crippen molar-refractivity contribution in [2.45, 2.75) is 6.54 Å². The van der Waals surface area contributed by atoms with Gasteiger partial charge in [0.15, 0.2) is 0 Å². The molecule has 0 aliphatic heterocycles. The minimum Gasteiger partial charge on any atom is -0.464 e. The second-order valence-corrected chi connectivity index (χ2v) is 4.48. The molecule has 0 aliphatic carbocycles. The maximum atomic E-state index is 11.9. The largest absolute Gasteiger partial charge is 0.464 e. The van der Waals surface area contributed by atoms with Gasteiger partial charge in [-0.3, -0.25) is 14.8 Å². The Hall–Kier alpha value is -2.95. The predicted octanol–water partition coefficient (Wildman–Crippen LogP) is 2.67. The zero-order chi connectivity index (χ0) is 14.5. The summed E-state index contributed by atoms with van der Waals surface area (Å²) in [5.41, 5.74) is 2.32. The van der Waals surface area contributed by atoms with Crippen molar-refractivity contribution in [2.75, 3.05) is 0 Å². The van der Waals surface area contributed by atoms with Crippen LogP contribution in [-0.4, -0.2) is 15.9 Å². The molecule has 0 bridgehead atoms. The summed E-state index contributed by atoms with van der Waals surface area (Å²) in [7, 11) is 0. The molecular weight excluding hydrogens is 266 g/mol. The Morgan fingerprint density at radius 1 is 1.14 bits per heavy atom. The standard InChI is InChI=1S/C16H13N3O2/c20-16(13-3-1-5-17-10-13)19-9-12-7-14(11-18-8-12)15-4-2-6-21-15/h1-8,10-11H,9H2,(H,19,20). The third kappa shape index (κ3) is 3.14. The number of hydrogen-bond acceptors (Lipinski definition) is 4. The van der Waals surface area contributed by atoms with Crippen molar-refractivity contribution in [3.63, 3.8) is 0 Å². The Bertz CT molecular complexity index is 724. The van der Waals surface area contributed by atoms with E-state index in [1.807, 2.05) is 18.2 Å². The van der Waals surface area contributed by atoms with Crippen molar-refractivity contribution < 1.29 is 9.21 Å². The third-order valence-corrected chi connectivity index (χ3v) is 2.98. The first-order valence-corrected chi connectivity index (χ1v) is 6.49. The molecule has 0 unspecified atom stereocenters. The molecular formula is C16H13N3O2. The minimum absolute atomic E-state index is 0.161. The molecule has 3 aromatic heterocycles. The van der Waals surface area contributed by atoms with E-state index in [1.54, 1.807) is 37.0 Å². The number of aromatic nitrogens is 2. The molecule has 0 atom stereocenters. The quantitative estimate of drug-likeness (QED) is 0.797. The summed E-state index contributed by atoms with van der Waals surface area (Å²) < 4.78 is 5.33. The van der Waals surface area contributed by atoms with Gasteiger partial charge in [-0.15, -0.1) is 0 Å². The Morgan fingerprint density at radius 2 is 2.10 bits per heavy atom. The number of furan rings is 1. The van der Waals surface area contributed by atoms with Gasteiger partial charge in [0, 0.05) is 36.9 Å². The summed E-state index contributed by atoms with van der Waals surface area (Å²) in [5, 5.41) is 2.84. The van der Waals surface area contributed by atoms with Gasteiger partial charge in [0.2, 0.25) is 0 Å². The average molecular weight is 279 g/mol. The molecule has 1 N–H and O–H groups in total. The first-order chi connectivity index (χ1) is 10.3. The maximum absolute atomic E-state index is 11.9. The second-order valence-electron chi connectivity index (χ2n) is 4.48. The summed E-state index contributed by atoms with van der Waals surface area (Å²) in [5.74, 6) is 0.592. The summed E-state index contributed by atoms with van der Waals surface area (Å²) in [6.45, 7) is 0.398. The van der Waals surface area contributed by atoms with Gasteiger partial charge in [-0.05, 0) is 35.9 Å². The number of amides is 1. The van der Waals surface area contributed by atoms with Gasteiger partial charge >= 0.3 is 0 Å². The molecule has 0 aromatic carbocycles. The lowest BCUT2D eigenvalue weighted by Crippen LogP contribution is -2.22. The van der Waals surface area contributed by atoms with Crippen LogP contribution in [0.2, 0.25) is 0 Å². The number of pyridine rings is 2. The van der Waals surface area contributed by atoms with Crippen LogP contribution in [0.3, 0.4) is 0 Å². The zero-order valence-corrected chi connectivity index (χ0v) is 11.2. The summed E-state index contributed by atoms with van der Waals surface area (Å²) in [4.78, 5) is 20.0. The Labute approximate surface area is 121 Å². The monoisotopic (exact) mass is 279 g/mol. The Balaban J connectivity index is 1.69. The fourth-order valence-corrected chi connectivity index (χ4v) is 1.94. The fraction of sp³-hybridized carbons (Fsp3) is 0.0625. The van der Waals surface area contributed by atoms with Crippen LogP contribution in [0.5, 0.6) is 0 Å². The number of nitrogens with one attached hydrogen (secondary N) is 1. The first kappa shape index (κ1) is 13.1. The average Bonchev–Trinajstić information content (AvgIpc) is 3.08. The number of rotatable bonds is 4. The van der Waals surface area contributed by atoms with Crippen molar-refractivity contribution in [2.24, 2.45) is 0 Å². The minimum atomic E-state index is -0.161. The van der Waals surface area contributed by atoms with E-state index in [0.717, 1.165) is 16.9 Å². The van der Waals surface area contributed by atoms with Gasteiger partial charge in [0.25, 0.3) is 5.91 Å². The van der Waals surface area contributed by atoms with E-state index >= 15 is 0 Å². The van der Waals surface area contributed by atoms with Crippen LogP contribution in [0, 0.1) is 0 Å². The van der Waals surface area contributed by atoms with Crippen LogP contribution in [0.25, 0.3) is 11.3 Å². The summed E-state index contributed by atoms with van der Waals surface area (Å²) in [6, 6.07) is 9.09. The molecule has 0 radical (unpaired) electrons. The van der Waals surface area contributed by atoms with Gasteiger partial charge in [0.05, 0.1) is 11.8 Å². The van der Waals surface area contributed by atoms with Gasteiger partial charge in [0.1, 0.15) is 5.76 Å². The van der Waals surface area contributed by atoms with Gasteiger partial charge in [-0.25, -0.2) is 0 Å². The van der Waals surface area contributed by atoms with Gasteiger partial charge in [-0.1, -0.05) is 0 Å². The van der Waals surface area contributed by atoms with E-state index < -0.39 is 0 Å². The summed E-state index contributed by atoms with van der Waals surface area (Å²) in [6.07, 6.45) is 8.23. The van der Waals surface area contributed by atoms with E-state index in [-0.39, 0.29) is 5.91 Å². The highest BCUT2D eigenvalue weighted by atomic mass is 16.3. The van der Waals surface area contributed by atoms with Crippen LogP contribution in [0.15, 0.2) is 65.8 Å². The second kappa shape index (κ2) is 6.00. The number of carbonyl (C=O) groups is 1. The summed E-state index contributed by atoms with van der Waals surface area (Å²) >= 11 is 0. The van der Waals surface area contributed by atoms with Gasteiger partial charge in [-0.2, -0.15) is 0 Å². The molecule has 0 saturated carbocycles. The van der Waals surface area contributed by atoms with Crippen LogP contribution in [0.1, 0.15) is 15.9 Å². The number of nitrogens with zero attached hydrogens (tertiary/aromatic N) is 2. The van der Waals surface area contributed by atoms with Crippen molar-refractivity contribution in [1.29, 1.82) is 0 Å². The van der Waals surface area contributed by atoms with Crippen LogP contribution >= 0.6 is 0 Å². The topological polar surface area (TPSA) is 68.0 Å². The molecule has 5 heteroatoms. The molecule has 1 amide bonds. The van der Waals surface area contributed by atoms with E-state index in [2.05, 4.69) is 15.3 Å². The van der Waals surface area contributed by atoms with Crippen LogP contribution < -0.4 is 5.32 Å². The molecule has 0 spiro atoms. The SMILES string of the molecule is O=C(NCc1cncc(-c2ccco2)c1)c1cccnc1. The van der Waals surface area contributed by atoms with Gasteiger partial charge < -0.3 is 9.73 Å². The van der Waals surface area contributed by atoms with E-state index in [9.17, 15) is 4.79 Å². The van der Waals surface area contributed by atoms with E-state index in [1.165, 1.54) is 6.20 Å². The highest BCUT2D eigenvalue weighted by molar-refractivity contribution is 5.93. The molecule has 0 fully saturated rings.